The first-order valence-electron chi connectivity index (χ1n) is 6.90. The molecule has 2 aromatic heterocycles. The van der Waals surface area contributed by atoms with Gasteiger partial charge in [-0.2, -0.15) is 0 Å². The van der Waals surface area contributed by atoms with E-state index in [1.54, 1.807) is 17.7 Å². The Morgan fingerprint density at radius 3 is 2.78 bits per heavy atom. The molecule has 2 aromatic rings. The fourth-order valence-electron chi connectivity index (χ4n) is 2.36. The molecule has 0 N–H and O–H groups in total. The molecule has 0 aliphatic heterocycles. The molecule has 1 unspecified atom stereocenters. The molecule has 0 spiro atoms. The zero-order chi connectivity index (χ0) is 12.8. The number of hydrogen-bond donors (Lipinski definition) is 0. The monoisotopic (exact) mass is 263 g/mol. The molecular formula is C14H21N3S. The van der Waals surface area contributed by atoms with E-state index in [9.17, 15) is 0 Å². The molecule has 2 rings (SSSR count). The van der Waals surface area contributed by atoms with Crippen LogP contribution in [0, 0.1) is 0 Å². The zero-order valence-corrected chi connectivity index (χ0v) is 12.0. The Balaban J connectivity index is 2.09. The van der Waals surface area contributed by atoms with Gasteiger partial charge in [-0.1, -0.05) is 39.5 Å². The summed E-state index contributed by atoms with van der Waals surface area (Å²) < 4.78 is 0. The van der Waals surface area contributed by atoms with Crippen molar-refractivity contribution in [2.45, 2.75) is 58.3 Å². The minimum Gasteiger partial charge on any atom is -0.241 e. The third-order valence-corrected chi connectivity index (χ3v) is 4.18. The largest absolute Gasteiger partial charge is 0.241 e. The Morgan fingerprint density at radius 1 is 1.11 bits per heavy atom. The van der Waals surface area contributed by atoms with Crippen molar-refractivity contribution < 1.29 is 0 Å². The van der Waals surface area contributed by atoms with Crippen LogP contribution in [0.4, 0.5) is 0 Å². The lowest BCUT2D eigenvalue weighted by atomic mass is 9.94. The van der Waals surface area contributed by atoms with Gasteiger partial charge in [0.1, 0.15) is 16.7 Å². The smallest absolute Gasteiger partial charge is 0.146 e. The highest BCUT2D eigenvalue weighted by atomic mass is 32.1. The number of nitrogens with zero attached hydrogens (tertiary/aromatic N) is 3. The highest BCUT2D eigenvalue weighted by Gasteiger charge is 2.16. The number of fused-ring (bicyclic) bond motifs is 1. The van der Waals surface area contributed by atoms with E-state index in [2.05, 4.69) is 28.8 Å². The molecule has 0 aromatic carbocycles. The van der Waals surface area contributed by atoms with E-state index in [1.165, 1.54) is 32.1 Å². The molecule has 4 heteroatoms. The van der Waals surface area contributed by atoms with Crippen LogP contribution in [0.25, 0.3) is 10.3 Å². The highest BCUT2D eigenvalue weighted by molar-refractivity contribution is 7.16. The topological polar surface area (TPSA) is 38.7 Å². The standard InChI is InChI=1S/C14H21N3S/c1-3-5-6-7-8-11(4-2)12-13-14(16-9-15-12)18-10-17-13/h9-11H,3-8H2,1-2H3. The van der Waals surface area contributed by atoms with Crippen LogP contribution in [0.5, 0.6) is 0 Å². The van der Waals surface area contributed by atoms with Gasteiger partial charge in [-0.15, -0.1) is 11.3 Å². The fourth-order valence-corrected chi connectivity index (χ4v) is 3.00. The van der Waals surface area contributed by atoms with Crippen molar-refractivity contribution in [1.29, 1.82) is 0 Å². The first-order chi connectivity index (χ1) is 8.86. The van der Waals surface area contributed by atoms with Crippen molar-refractivity contribution in [2.75, 3.05) is 0 Å². The summed E-state index contributed by atoms with van der Waals surface area (Å²) in [5.41, 5.74) is 4.04. The van der Waals surface area contributed by atoms with Crippen molar-refractivity contribution in [2.24, 2.45) is 0 Å². The second-order valence-electron chi connectivity index (χ2n) is 4.72. The fraction of sp³-hybridized carbons (Fsp3) is 0.643. The Kier molecular flexibility index (Phi) is 5.05. The Labute approximate surface area is 113 Å². The first-order valence-corrected chi connectivity index (χ1v) is 7.78. The number of rotatable bonds is 7. The second kappa shape index (κ2) is 6.78. The first kappa shape index (κ1) is 13.4. The maximum atomic E-state index is 4.48. The van der Waals surface area contributed by atoms with Crippen molar-refractivity contribution >= 4 is 21.7 Å². The molecule has 0 radical (unpaired) electrons. The van der Waals surface area contributed by atoms with Gasteiger partial charge in [0, 0.05) is 5.92 Å². The molecular weight excluding hydrogens is 242 g/mol. The molecule has 18 heavy (non-hydrogen) atoms. The minimum absolute atomic E-state index is 0.537. The Morgan fingerprint density at radius 2 is 2.00 bits per heavy atom. The average molecular weight is 263 g/mol. The van der Waals surface area contributed by atoms with E-state index in [-0.39, 0.29) is 0 Å². The SMILES string of the molecule is CCCCCCC(CC)c1ncnc2scnc12. The summed E-state index contributed by atoms with van der Waals surface area (Å²) >= 11 is 1.60. The van der Waals surface area contributed by atoms with Crippen LogP contribution in [0.15, 0.2) is 11.8 Å². The van der Waals surface area contributed by atoms with Crippen LogP contribution in [0.2, 0.25) is 0 Å². The van der Waals surface area contributed by atoms with Gasteiger partial charge >= 0.3 is 0 Å². The highest BCUT2D eigenvalue weighted by Crippen LogP contribution is 2.29. The van der Waals surface area contributed by atoms with Crippen LogP contribution in [0.3, 0.4) is 0 Å². The van der Waals surface area contributed by atoms with Crippen LogP contribution in [0.1, 0.15) is 64.0 Å². The van der Waals surface area contributed by atoms with E-state index < -0.39 is 0 Å². The Hall–Kier alpha value is -1.03. The quantitative estimate of drug-likeness (QED) is 0.688. The summed E-state index contributed by atoms with van der Waals surface area (Å²) in [7, 11) is 0. The molecule has 1 atom stereocenters. The average Bonchev–Trinajstić information content (AvgIpc) is 2.87. The Bertz CT molecular complexity index is 481. The summed E-state index contributed by atoms with van der Waals surface area (Å²) in [6.45, 7) is 4.49. The number of unbranched alkanes of at least 4 members (excludes halogenated alkanes) is 3. The van der Waals surface area contributed by atoms with E-state index in [4.69, 9.17) is 0 Å². The lowest BCUT2D eigenvalue weighted by Crippen LogP contribution is -2.02. The van der Waals surface area contributed by atoms with Gasteiger partial charge < -0.3 is 0 Å². The van der Waals surface area contributed by atoms with E-state index >= 15 is 0 Å². The van der Waals surface area contributed by atoms with Gasteiger partial charge in [-0.05, 0) is 12.8 Å². The second-order valence-corrected chi connectivity index (χ2v) is 5.55. The van der Waals surface area contributed by atoms with Crippen LogP contribution >= 0.6 is 11.3 Å². The van der Waals surface area contributed by atoms with Gasteiger partial charge in [0.2, 0.25) is 0 Å². The van der Waals surface area contributed by atoms with Gasteiger partial charge in [0.15, 0.2) is 0 Å². The molecule has 0 aliphatic rings. The maximum Gasteiger partial charge on any atom is 0.146 e. The van der Waals surface area contributed by atoms with Gasteiger partial charge in [-0.3, -0.25) is 0 Å². The predicted molar refractivity (Wildman–Crippen MR) is 77.0 cm³/mol. The van der Waals surface area contributed by atoms with Crippen molar-refractivity contribution in [1.82, 2.24) is 15.0 Å². The van der Waals surface area contributed by atoms with Crippen LogP contribution in [-0.2, 0) is 0 Å². The van der Waals surface area contributed by atoms with Gasteiger partial charge in [-0.25, -0.2) is 15.0 Å². The van der Waals surface area contributed by atoms with Crippen molar-refractivity contribution in [3.8, 4) is 0 Å². The van der Waals surface area contributed by atoms with E-state index in [1.807, 2.05) is 5.51 Å². The predicted octanol–water partition coefficient (Wildman–Crippen LogP) is 4.55. The third-order valence-electron chi connectivity index (χ3n) is 3.45. The van der Waals surface area contributed by atoms with Crippen molar-refractivity contribution in [3.05, 3.63) is 17.5 Å². The number of hydrogen-bond acceptors (Lipinski definition) is 4. The van der Waals surface area contributed by atoms with Crippen molar-refractivity contribution in [3.63, 3.8) is 0 Å². The van der Waals surface area contributed by atoms with E-state index in [0.29, 0.717) is 5.92 Å². The molecule has 0 saturated carbocycles. The third kappa shape index (κ3) is 3.05. The van der Waals surface area contributed by atoms with Crippen LogP contribution in [-0.4, -0.2) is 15.0 Å². The normalized spacial score (nSPS) is 13.0. The lowest BCUT2D eigenvalue weighted by Gasteiger charge is -2.14. The molecule has 0 amide bonds. The van der Waals surface area contributed by atoms with Crippen LogP contribution < -0.4 is 0 Å². The molecule has 0 saturated heterocycles. The number of thiazole rings is 1. The summed E-state index contributed by atoms with van der Waals surface area (Å²) in [5.74, 6) is 0.537. The summed E-state index contributed by atoms with van der Waals surface area (Å²) in [6, 6.07) is 0. The molecule has 98 valence electrons. The van der Waals surface area contributed by atoms with E-state index in [0.717, 1.165) is 22.5 Å². The number of aromatic nitrogens is 3. The molecule has 3 nitrogen and oxygen atoms in total. The van der Waals surface area contributed by atoms with Gasteiger partial charge in [0.25, 0.3) is 0 Å². The molecule has 2 heterocycles. The van der Waals surface area contributed by atoms with Gasteiger partial charge in [0.05, 0.1) is 11.2 Å². The summed E-state index contributed by atoms with van der Waals surface area (Å²) in [4.78, 5) is 14.2. The molecule has 0 fully saturated rings. The zero-order valence-electron chi connectivity index (χ0n) is 11.2. The molecule has 0 bridgehead atoms. The summed E-state index contributed by atoms with van der Waals surface area (Å²) in [6.07, 6.45) is 9.30. The minimum atomic E-state index is 0.537. The lowest BCUT2D eigenvalue weighted by molar-refractivity contribution is 0.535. The summed E-state index contributed by atoms with van der Waals surface area (Å²) in [5, 5.41) is 0. The maximum absolute atomic E-state index is 4.48. The molecule has 0 aliphatic carbocycles.